The van der Waals surface area contributed by atoms with Crippen molar-refractivity contribution in [2.45, 2.75) is 19.1 Å². The van der Waals surface area contributed by atoms with Crippen LogP contribution in [0, 0.1) is 5.82 Å². The van der Waals surface area contributed by atoms with E-state index in [-0.39, 0.29) is 30.6 Å². The van der Waals surface area contributed by atoms with Crippen LogP contribution in [-0.4, -0.2) is 52.9 Å². The van der Waals surface area contributed by atoms with Gasteiger partial charge in [-0.1, -0.05) is 12.1 Å². The van der Waals surface area contributed by atoms with Gasteiger partial charge < -0.3 is 9.64 Å². The first-order valence-electron chi connectivity index (χ1n) is 9.81. The Kier molecular flexibility index (Phi) is 6.04. The third-order valence-electron chi connectivity index (χ3n) is 5.10. The number of nitrogens with zero attached hydrogens (tertiary/aromatic N) is 4. The molecule has 4 rings (SSSR count). The molecule has 1 aromatic carbocycles. The van der Waals surface area contributed by atoms with E-state index in [0.29, 0.717) is 5.88 Å². The van der Waals surface area contributed by atoms with Gasteiger partial charge in [0.25, 0.3) is 0 Å². The molecule has 32 heavy (non-hydrogen) atoms. The molecule has 3 aromatic rings. The van der Waals surface area contributed by atoms with E-state index >= 15 is 0 Å². The summed E-state index contributed by atoms with van der Waals surface area (Å²) in [5.74, 6) is -0.387. The number of methoxy groups -OCH3 is 1. The van der Waals surface area contributed by atoms with E-state index in [0.717, 1.165) is 22.1 Å². The molecule has 1 aliphatic heterocycles. The minimum absolute atomic E-state index is 0.0756. The van der Waals surface area contributed by atoms with Crippen molar-refractivity contribution >= 4 is 15.7 Å². The lowest BCUT2D eigenvalue weighted by Crippen LogP contribution is -2.42. The second kappa shape index (κ2) is 8.91. The number of ether oxygens (including phenoxy) is 1. The number of benzene rings is 1. The Morgan fingerprint density at radius 1 is 1.25 bits per heavy atom. The second-order valence-corrected chi connectivity index (χ2v) is 9.32. The summed E-state index contributed by atoms with van der Waals surface area (Å²) in [7, 11) is -1.85. The van der Waals surface area contributed by atoms with Gasteiger partial charge in [-0.2, -0.15) is 5.10 Å². The van der Waals surface area contributed by atoms with Crippen LogP contribution in [-0.2, 0) is 27.7 Å². The van der Waals surface area contributed by atoms with E-state index < -0.39 is 15.9 Å². The number of halogens is 1. The van der Waals surface area contributed by atoms with Crippen LogP contribution < -0.4 is 4.74 Å². The number of rotatable bonds is 7. The molecule has 0 aliphatic carbocycles. The molecule has 8 nitrogen and oxygen atoms in total. The molecule has 0 saturated heterocycles. The molecule has 0 N–H and O–H groups in total. The number of hydrogen-bond donors (Lipinski definition) is 0. The Hall–Kier alpha value is -3.53. The molecule has 0 saturated carbocycles. The van der Waals surface area contributed by atoms with Crippen molar-refractivity contribution in [3.63, 3.8) is 0 Å². The van der Waals surface area contributed by atoms with Gasteiger partial charge in [0.2, 0.25) is 11.8 Å². The van der Waals surface area contributed by atoms with Crippen molar-refractivity contribution in [3.8, 4) is 17.0 Å². The fourth-order valence-corrected chi connectivity index (χ4v) is 4.77. The van der Waals surface area contributed by atoms with Gasteiger partial charge in [-0.25, -0.2) is 17.8 Å². The zero-order chi connectivity index (χ0) is 22.7. The molecule has 0 spiro atoms. The standard InChI is InChI=1S/C22H21FN4O4S/c1-31-21-10-16(6-8-24-21)12-27(20-7-9-32(29,30)15-20)22(28)14-26-13-18(11-25-26)17-2-4-19(23)5-3-17/h2-11,13,20H,12,14-15H2,1H3/t20-/m1/s1. The highest BCUT2D eigenvalue weighted by molar-refractivity contribution is 7.94. The van der Waals surface area contributed by atoms with Crippen LogP contribution >= 0.6 is 0 Å². The fraction of sp³-hybridized carbons (Fsp3) is 0.227. The topological polar surface area (TPSA) is 94.4 Å². The molecule has 166 valence electrons. The summed E-state index contributed by atoms with van der Waals surface area (Å²) < 4.78 is 43.7. The molecule has 1 aliphatic rings. The largest absolute Gasteiger partial charge is 0.481 e. The SMILES string of the molecule is COc1cc(CN(C(=O)Cn2cc(-c3ccc(F)cc3)cn2)[C@@H]2C=CS(=O)(=O)C2)ccn1. The summed E-state index contributed by atoms with van der Waals surface area (Å²) in [6, 6.07) is 8.85. The highest BCUT2D eigenvalue weighted by Gasteiger charge is 2.30. The minimum Gasteiger partial charge on any atom is -0.481 e. The molecule has 1 amide bonds. The lowest BCUT2D eigenvalue weighted by atomic mass is 10.1. The van der Waals surface area contributed by atoms with E-state index in [1.807, 2.05) is 0 Å². The van der Waals surface area contributed by atoms with Gasteiger partial charge in [-0.3, -0.25) is 9.48 Å². The molecule has 0 bridgehead atoms. The lowest BCUT2D eigenvalue weighted by Gasteiger charge is -2.27. The summed E-state index contributed by atoms with van der Waals surface area (Å²) in [6.45, 7) is 0.113. The van der Waals surface area contributed by atoms with Crippen LogP contribution in [0.4, 0.5) is 4.39 Å². The third-order valence-corrected chi connectivity index (χ3v) is 6.48. The van der Waals surface area contributed by atoms with Crippen molar-refractivity contribution in [1.29, 1.82) is 0 Å². The van der Waals surface area contributed by atoms with E-state index in [2.05, 4.69) is 10.1 Å². The van der Waals surface area contributed by atoms with Gasteiger partial charge in [0.1, 0.15) is 12.4 Å². The van der Waals surface area contributed by atoms with Crippen LogP contribution in [0.3, 0.4) is 0 Å². The van der Waals surface area contributed by atoms with Crippen LogP contribution in [0.5, 0.6) is 5.88 Å². The van der Waals surface area contributed by atoms with Crippen LogP contribution in [0.15, 0.2) is 66.5 Å². The summed E-state index contributed by atoms with van der Waals surface area (Å²) in [6.07, 6.45) is 6.39. The number of aromatic nitrogens is 3. The summed E-state index contributed by atoms with van der Waals surface area (Å²) in [5, 5.41) is 5.38. The number of hydrogen-bond acceptors (Lipinski definition) is 6. The molecule has 10 heteroatoms. The van der Waals surface area contributed by atoms with E-state index in [1.165, 1.54) is 34.9 Å². The number of carbonyl (C=O) groups excluding carboxylic acids is 1. The molecule has 0 radical (unpaired) electrons. The average molecular weight is 456 g/mol. The highest BCUT2D eigenvalue weighted by atomic mass is 32.2. The van der Waals surface area contributed by atoms with Crippen molar-refractivity contribution in [2.24, 2.45) is 0 Å². The Morgan fingerprint density at radius 2 is 2.03 bits per heavy atom. The predicted octanol–water partition coefficient (Wildman–Crippen LogP) is 2.43. The van der Waals surface area contributed by atoms with Gasteiger partial charge in [0, 0.05) is 36.0 Å². The van der Waals surface area contributed by atoms with Crippen molar-refractivity contribution < 1.29 is 22.3 Å². The maximum atomic E-state index is 13.2. The maximum absolute atomic E-state index is 13.2. The minimum atomic E-state index is -3.35. The molecular formula is C22H21FN4O4S. The van der Waals surface area contributed by atoms with E-state index in [1.54, 1.807) is 42.9 Å². The highest BCUT2D eigenvalue weighted by Crippen LogP contribution is 2.21. The molecule has 2 aromatic heterocycles. The molecule has 1 atom stereocenters. The number of amides is 1. The monoisotopic (exact) mass is 456 g/mol. The number of pyridine rings is 1. The van der Waals surface area contributed by atoms with Crippen LogP contribution in [0.2, 0.25) is 0 Å². The third kappa shape index (κ3) is 5.02. The van der Waals surface area contributed by atoms with Gasteiger partial charge in [-0.15, -0.1) is 0 Å². The average Bonchev–Trinajstić information content (AvgIpc) is 3.38. The van der Waals surface area contributed by atoms with Crippen molar-refractivity contribution in [1.82, 2.24) is 19.7 Å². The van der Waals surface area contributed by atoms with E-state index in [9.17, 15) is 17.6 Å². The zero-order valence-corrected chi connectivity index (χ0v) is 18.1. The smallest absolute Gasteiger partial charge is 0.245 e. The predicted molar refractivity (Wildman–Crippen MR) is 116 cm³/mol. The quantitative estimate of drug-likeness (QED) is 0.542. The number of sulfone groups is 1. The summed E-state index contributed by atoms with van der Waals surface area (Å²) in [4.78, 5) is 18.8. The zero-order valence-electron chi connectivity index (χ0n) is 17.3. The Morgan fingerprint density at radius 3 is 2.72 bits per heavy atom. The molecule has 0 fully saturated rings. The Balaban J connectivity index is 1.55. The first-order valence-corrected chi connectivity index (χ1v) is 11.5. The van der Waals surface area contributed by atoms with Crippen molar-refractivity contribution in [3.05, 3.63) is 77.9 Å². The molecule has 3 heterocycles. The van der Waals surface area contributed by atoms with Gasteiger partial charge in [0.15, 0.2) is 9.84 Å². The van der Waals surface area contributed by atoms with Crippen LogP contribution in [0.25, 0.3) is 11.1 Å². The van der Waals surface area contributed by atoms with Gasteiger partial charge >= 0.3 is 0 Å². The molecular weight excluding hydrogens is 435 g/mol. The van der Waals surface area contributed by atoms with Gasteiger partial charge in [-0.05, 0) is 35.4 Å². The van der Waals surface area contributed by atoms with Crippen LogP contribution in [0.1, 0.15) is 5.56 Å². The van der Waals surface area contributed by atoms with Gasteiger partial charge in [0.05, 0.1) is 25.1 Å². The first kappa shape index (κ1) is 21.7. The Bertz CT molecular complexity index is 1250. The molecule has 0 unspecified atom stereocenters. The summed E-state index contributed by atoms with van der Waals surface area (Å²) >= 11 is 0. The first-order chi connectivity index (χ1) is 15.3. The maximum Gasteiger partial charge on any atom is 0.245 e. The van der Waals surface area contributed by atoms with E-state index in [4.69, 9.17) is 4.74 Å². The summed E-state index contributed by atoms with van der Waals surface area (Å²) in [5.41, 5.74) is 2.28. The fourth-order valence-electron chi connectivity index (χ4n) is 3.47. The lowest BCUT2D eigenvalue weighted by molar-refractivity contribution is -0.133. The second-order valence-electron chi connectivity index (χ2n) is 7.39. The number of carbonyl (C=O) groups is 1. The Labute approximate surface area is 184 Å². The van der Waals surface area contributed by atoms with Crippen molar-refractivity contribution in [2.75, 3.05) is 12.9 Å². The normalized spacial score (nSPS) is 16.8.